The number of benzene rings is 2. The number of alkyl carbamates (subject to hydrolysis) is 1. The maximum atomic E-state index is 12.4. The molecule has 0 aliphatic heterocycles. The van der Waals surface area contributed by atoms with E-state index >= 15 is 0 Å². The Morgan fingerprint density at radius 1 is 0.950 bits per heavy atom. The highest BCUT2D eigenvalue weighted by molar-refractivity contribution is 7.86. The van der Waals surface area contributed by atoms with Gasteiger partial charge in [-0.2, -0.15) is 8.42 Å². The van der Waals surface area contributed by atoms with Crippen molar-refractivity contribution >= 4 is 28.1 Å². The second-order valence-electron chi connectivity index (χ2n) is 10.9. The van der Waals surface area contributed by atoms with E-state index in [1.807, 2.05) is 6.92 Å². The number of amides is 1. The van der Waals surface area contributed by atoms with Crippen molar-refractivity contribution in [3.05, 3.63) is 59.7 Å². The van der Waals surface area contributed by atoms with Crippen LogP contribution in [0.1, 0.15) is 51.2 Å². The van der Waals surface area contributed by atoms with E-state index in [1.165, 1.54) is 12.1 Å². The fourth-order valence-electron chi connectivity index (χ4n) is 4.04. The summed E-state index contributed by atoms with van der Waals surface area (Å²) in [6.45, 7) is 6.75. The van der Waals surface area contributed by atoms with Crippen LogP contribution >= 0.6 is 0 Å². The summed E-state index contributed by atoms with van der Waals surface area (Å²) >= 11 is 0. The van der Waals surface area contributed by atoms with Crippen LogP contribution in [0.2, 0.25) is 0 Å². The summed E-state index contributed by atoms with van der Waals surface area (Å²) in [5.41, 5.74) is 0.746. The lowest BCUT2D eigenvalue weighted by Gasteiger charge is -2.34. The summed E-state index contributed by atoms with van der Waals surface area (Å²) in [5, 5.41) is 21.4. The molecule has 1 aliphatic carbocycles. The molecule has 12 heteroatoms. The third-order valence-corrected chi connectivity index (χ3v) is 7.57. The Morgan fingerprint density at radius 3 is 2.08 bits per heavy atom. The highest BCUT2D eigenvalue weighted by atomic mass is 32.2. The molecule has 11 nitrogen and oxygen atoms in total. The minimum atomic E-state index is -3.86. The van der Waals surface area contributed by atoms with E-state index in [4.69, 9.17) is 13.7 Å². The van der Waals surface area contributed by atoms with Crippen LogP contribution in [0.3, 0.4) is 0 Å². The van der Waals surface area contributed by atoms with E-state index in [-0.39, 0.29) is 23.8 Å². The molecular formula is C28H35NO10S. The fourth-order valence-corrected chi connectivity index (χ4v) is 5.14. The number of ether oxygens (including phenoxy) is 2. The molecule has 40 heavy (non-hydrogen) atoms. The Bertz CT molecular complexity index is 1290. The van der Waals surface area contributed by atoms with Gasteiger partial charge in [-0.3, -0.25) is 8.98 Å². The molecule has 2 aromatic carbocycles. The molecule has 0 spiro atoms. The van der Waals surface area contributed by atoms with Gasteiger partial charge in [-0.05, 0) is 70.4 Å². The van der Waals surface area contributed by atoms with E-state index in [1.54, 1.807) is 57.2 Å². The number of aliphatic carboxylic acids is 2. The predicted octanol–water partition coefficient (Wildman–Crippen LogP) is 3.92. The second-order valence-corrected chi connectivity index (χ2v) is 12.4. The third kappa shape index (κ3) is 9.23. The number of hydrogen-bond donors (Lipinski definition) is 3. The van der Waals surface area contributed by atoms with Gasteiger partial charge in [0.25, 0.3) is 10.1 Å². The molecule has 0 saturated heterocycles. The summed E-state index contributed by atoms with van der Waals surface area (Å²) in [6.07, 6.45) is -1.16. The van der Waals surface area contributed by atoms with E-state index < -0.39 is 51.8 Å². The number of carbonyl (C=O) groups is 3. The van der Waals surface area contributed by atoms with Crippen LogP contribution in [-0.4, -0.2) is 60.5 Å². The van der Waals surface area contributed by atoms with Crippen LogP contribution < -0.4 is 10.1 Å². The van der Waals surface area contributed by atoms with Gasteiger partial charge in [-0.15, -0.1) is 0 Å². The maximum Gasteiger partial charge on any atom is 0.408 e. The van der Waals surface area contributed by atoms with Crippen molar-refractivity contribution in [2.75, 3.05) is 0 Å². The van der Waals surface area contributed by atoms with Crippen molar-refractivity contribution in [2.45, 2.75) is 82.1 Å². The Labute approximate surface area is 233 Å². The summed E-state index contributed by atoms with van der Waals surface area (Å²) in [7, 11) is -3.86. The first kappa shape index (κ1) is 30.9. The molecule has 0 aromatic heterocycles. The fraction of sp³-hybridized carbons (Fsp3) is 0.464. The Balaban J connectivity index is 1.51. The molecule has 218 valence electrons. The minimum absolute atomic E-state index is 0.0333. The smallest absolute Gasteiger partial charge is 0.408 e. The SMILES string of the molecule is Cc1ccc(S(=O)(=O)OC2CC(Oc3ccc(C[C@@H](C[C@H](NC(=O)OC(C)(C)C)C(=O)O)C(=O)O)cc3)C2)cc1. The van der Waals surface area contributed by atoms with Gasteiger partial charge >= 0.3 is 18.0 Å². The number of carboxylic acid groups (broad SMARTS) is 2. The molecule has 1 saturated carbocycles. The molecule has 2 atom stereocenters. The zero-order chi connectivity index (χ0) is 29.7. The number of nitrogens with one attached hydrogen (secondary N) is 1. The van der Waals surface area contributed by atoms with Crippen molar-refractivity contribution in [2.24, 2.45) is 5.92 Å². The highest BCUT2D eigenvalue weighted by Gasteiger charge is 2.36. The second kappa shape index (κ2) is 12.7. The summed E-state index contributed by atoms with van der Waals surface area (Å²) in [6, 6.07) is 11.7. The standard InChI is InChI=1S/C28H35NO10S/c1-17-5-11-23(12-6-17)40(35,36)39-22-15-21(16-22)37-20-9-7-18(8-10-20)13-19(25(30)31)14-24(26(32)33)29-27(34)38-28(2,3)4/h5-12,19,21-22,24H,13-16H2,1-4H3,(H,29,34)(H,30,31)(H,32,33)/t19-,21?,22?,24-/m0/s1. The van der Waals surface area contributed by atoms with Crippen molar-refractivity contribution in [3.8, 4) is 5.75 Å². The van der Waals surface area contributed by atoms with E-state index in [9.17, 15) is 33.0 Å². The zero-order valence-electron chi connectivity index (χ0n) is 22.8. The average molecular weight is 578 g/mol. The Morgan fingerprint density at radius 2 is 1.55 bits per heavy atom. The van der Waals surface area contributed by atoms with Crippen molar-refractivity contribution in [1.29, 1.82) is 0 Å². The van der Waals surface area contributed by atoms with Gasteiger partial charge in [0.1, 0.15) is 23.5 Å². The Hall–Kier alpha value is -3.64. The Kier molecular flexibility index (Phi) is 9.80. The molecule has 0 bridgehead atoms. The van der Waals surface area contributed by atoms with Crippen LogP contribution in [0.15, 0.2) is 53.4 Å². The molecule has 0 heterocycles. The molecule has 0 unspecified atom stereocenters. The monoisotopic (exact) mass is 577 g/mol. The van der Waals surface area contributed by atoms with Crippen LogP contribution in [0.5, 0.6) is 5.75 Å². The van der Waals surface area contributed by atoms with Gasteiger partial charge in [-0.1, -0.05) is 29.8 Å². The van der Waals surface area contributed by atoms with Gasteiger partial charge in [0.05, 0.1) is 16.9 Å². The average Bonchev–Trinajstić information content (AvgIpc) is 2.81. The van der Waals surface area contributed by atoms with Gasteiger partial charge in [0, 0.05) is 12.8 Å². The van der Waals surface area contributed by atoms with Crippen molar-refractivity contribution in [1.82, 2.24) is 5.32 Å². The quantitative estimate of drug-likeness (QED) is 0.315. The lowest BCUT2D eigenvalue weighted by molar-refractivity contribution is -0.144. The van der Waals surface area contributed by atoms with Crippen molar-refractivity contribution < 1.29 is 46.7 Å². The molecule has 2 aromatic rings. The molecule has 0 radical (unpaired) electrons. The van der Waals surface area contributed by atoms with E-state index in [2.05, 4.69) is 5.32 Å². The van der Waals surface area contributed by atoms with Gasteiger partial charge < -0.3 is 25.0 Å². The first-order chi connectivity index (χ1) is 18.6. The number of carbonyl (C=O) groups excluding carboxylic acids is 1. The molecule has 3 rings (SSSR count). The van der Waals surface area contributed by atoms with Crippen LogP contribution in [0, 0.1) is 12.8 Å². The van der Waals surface area contributed by atoms with Crippen LogP contribution in [0.4, 0.5) is 4.79 Å². The van der Waals surface area contributed by atoms with Crippen LogP contribution in [-0.2, 0) is 35.0 Å². The zero-order valence-corrected chi connectivity index (χ0v) is 23.6. The molecule has 1 amide bonds. The number of hydrogen-bond acceptors (Lipinski definition) is 8. The first-order valence-corrected chi connectivity index (χ1v) is 14.2. The number of aryl methyl sites for hydroxylation is 1. The maximum absolute atomic E-state index is 12.4. The first-order valence-electron chi connectivity index (χ1n) is 12.8. The van der Waals surface area contributed by atoms with Gasteiger partial charge in [0.15, 0.2) is 0 Å². The molecule has 3 N–H and O–H groups in total. The largest absolute Gasteiger partial charge is 0.490 e. The third-order valence-electron chi connectivity index (χ3n) is 6.19. The highest BCUT2D eigenvalue weighted by Crippen LogP contribution is 2.31. The topological polar surface area (TPSA) is 166 Å². The molecule has 1 aliphatic rings. The molecular weight excluding hydrogens is 542 g/mol. The van der Waals surface area contributed by atoms with Gasteiger partial charge in [0.2, 0.25) is 0 Å². The van der Waals surface area contributed by atoms with Crippen LogP contribution in [0.25, 0.3) is 0 Å². The van der Waals surface area contributed by atoms with Gasteiger partial charge in [-0.25, -0.2) is 9.59 Å². The molecule has 1 fully saturated rings. The normalized spacial score (nSPS) is 18.6. The lowest BCUT2D eigenvalue weighted by atomic mass is 9.92. The van der Waals surface area contributed by atoms with Crippen molar-refractivity contribution in [3.63, 3.8) is 0 Å². The predicted molar refractivity (Wildman–Crippen MR) is 144 cm³/mol. The summed E-state index contributed by atoms with van der Waals surface area (Å²) in [5.74, 6) is -3.12. The van der Waals surface area contributed by atoms with E-state index in [0.29, 0.717) is 24.2 Å². The summed E-state index contributed by atoms with van der Waals surface area (Å²) < 4.78 is 41.1. The summed E-state index contributed by atoms with van der Waals surface area (Å²) in [4.78, 5) is 35.6. The number of carboxylic acids is 2. The van der Waals surface area contributed by atoms with E-state index in [0.717, 1.165) is 5.56 Å². The number of rotatable bonds is 12. The lowest BCUT2D eigenvalue weighted by Crippen LogP contribution is -2.45. The minimum Gasteiger partial charge on any atom is -0.490 e.